The summed E-state index contributed by atoms with van der Waals surface area (Å²) in [7, 11) is 6.80. The number of unbranched alkanes of at least 4 members (excludes halogenated alkanes) is 3. The molecule has 0 amide bonds. The molecule has 0 unspecified atom stereocenters. The fourth-order valence-corrected chi connectivity index (χ4v) is 2.53. The summed E-state index contributed by atoms with van der Waals surface area (Å²) in [6, 6.07) is 8.08. The van der Waals surface area contributed by atoms with Gasteiger partial charge in [0.05, 0.1) is 33.7 Å². The molecule has 4 heteroatoms. The van der Waals surface area contributed by atoms with E-state index in [9.17, 15) is 0 Å². The van der Waals surface area contributed by atoms with E-state index in [4.69, 9.17) is 11.6 Å². The Morgan fingerprint density at radius 1 is 1.10 bits per heavy atom. The number of hydrogen-bond donors (Lipinski definition) is 0. The summed E-state index contributed by atoms with van der Waals surface area (Å²) in [5.41, 5.74) is 1.20. The molecule has 0 saturated carbocycles. The van der Waals surface area contributed by atoms with E-state index in [-0.39, 0.29) is 12.4 Å². The van der Waals surface area contributed by atoms with E-state index in [1.54, 1.807) is 0 Å². The predicted octanol–water partition coefficient (Wildman–Crippen LogP) is 1.44. The first kappa shape index (κ1) is 20.6. The Morgan fingerprint density at radius 3 is 2.43 bits per heavy atom. The van der Waals surface area contributed by atoms with Gasteiger partial charge in [0, 0.05) is 17.8 Å². The molecule has 1 rings (SSSR count). The number of benzene rings is 1. The van der Waals surface area contributed by atoms with Crippen molar-refractivity contribution in [2.75, 3.05) is 45.7 Å². The van der Waals surface area contributed by atoms with Crippen LogP contribution in [0.15, 0.2) is 24.3 Å². The zero-order valence-corrected chi connectivity index (χ0v) is 15.4. The number of hydrogen-bond acceptors (Lipinski definition) is 1. The van der Waals surface area contributed by atoms with Crippen LogP contribution < -0.4 is 17.3 Å². The first-order chi connectivity index (χ1) is 9.44. The maximum atomic E-state index is 6.05. The molecule has 0 spiro atoms. The number of quaternary nitrogens is 1. The molecule has 0 heterocycles. The maximum absolute atomic E-state index is 6.05. The molecule has 1 aromatic carbocycles. The van der Waals surface area contributed by atoms with Crippen molar-refractivity contribution in [2.45, 2.75) is 32.6 Å². The quantitative estimate of drug-likeness (QED) is 0.488. The van der Waals surface area contributed by atoms with Crippen LogP contribution in [0.1, 0.15) is 32.6 Å². The van der Waals surface area contributed by atoms with Crippen LogP contribution >= 0.6 is 11.6 Å². The topological polar surface area (TPSA) is 3.24 Å². The largest absolute Gasteiger partial charge is 1.00 e. The molecule has 2 nitrogen and oxygen atoms in total. The number of likely N-dealkylation sites (N-methyl/N-ethyl adjacent to an activating group) is 2. The van der Waals surface area contributed by atoms with E-state index in [1.807, 2.05) is 18.2 Å². The average molecular weight is 333 g/mol. The average Bonchev–Trinajstić information content (AvgIpc) is 2.41. The van der Waals surface area contributed by atoms with E-state index in [0.29, 0.717) is 0 Å². The standard InChI is InChI=1S/C17H30ClN2.ClH/c1-5-6-7-8-13-20(3,4)14-12-19(2)17-11-9-10-16(18)15-17;/h9-11,15H,5-8,12-14H2,1-4H3;1H/q+1;/p-1. The molecular weight excluding hydrogens is 303 g/mol. The second-order valence-electron chi connectivity index (χ2n) is 6.35. The molecule has 0 aliphatic carbocycles. The normalized spacial score (nSPS) is 11.1. The van der Waals surface area contributed by atoms with E-state index < -0.39 is 0 Å². The molecule has 0 bridgehead atoms. The Hall–Kier alpha value is -0.440. The minimum Gasteiger partial charge on any atom is -1.00 e. The van der Waals surface area contributed by atoms with Gasteiger partial charge in [-0.1, -0.05) is 37.4 Å². The Balaban J connectivity index is 0.00000400. The number of rotatable bonds is 9. The molecule has 1 aromatic rings. The summed E-state index contributed by atoms with van der Waals surface area (Å²) >= 11 is 6.05. The second-order valence-corrected chi connectivity index (χ2v) is 6.78. The lowest BCUT2D eigenvalue weighted by atomic mass is 10.2. The van der Waals surface area contributed by atoms with Crippen molar-refractivity contribution >= 4 is 17.3 Å². The fourth-order valence-electron chi connectivity index (χ4n) is 2.34. The molecule has 0 aliphatic rings. The van der Waals surface area contributed by atoms with Crippen molar-refractivity contribution in [3.8, 4) is 0 Å². The minimum absolute atomic E-state index is 0. The summed E-state index contributed by atoms with van der Waals surface area (Å²) < 4.78 is 1.09. The molecule has 0 aliphatic heterocycles. The molecule has 0 fully saturated rings. The van der Waals surface area contributed by atoms with Crippen molar-refractivity contribution < 1.29 is 16.9 Å². The van der Waals surface area contributed by atoms with Gasteiger partial charge in [-0.15, -0.1) is 0 Å². The lowest BCUT2D eigenvalue weighted by Crippen LogP contribution is -3.00. The minimum atomic E-state index is 0. The van der Waals surface area contributed by atoms with Crippen LogP contribution in [0.3, 0.4) is 0 Å². The SMILES string of the molecule is CCCCCC[N+](C)(C)CCN(C)c1cccc(Cl)c1.[Cl-]. The second kappa shape index (κ2) is 10.3. The lowest BCUT2D eigenvalue weighted by Gasteiger charge is -2.32. The van der Waals surface area contributed by atoms with Crippen LogP contribution in [-0.4, -0.2) is 45.3 Å². The Labute approximate surface area is 142 Å². The number of nitrogens with zero attached hydrogens (tertiary/aromatic N) is 2. The van der Waals surface area contributed by atoms with Crippen LogP contribution in [0.25, 0.3) is 0 Å². The Morgan fingerprint density at radius 2 is 1.81 bits per heavy atom. The van der Waals surface area contributed by atoms with Gasteiger partial charge in [-0.2, -0.15) is 0 Å². The van der Waals surface area contributed by atoms with Crippen LogP contribution in [-0.2, 0) is 0 Å². The van der Waals surface area contributed by atoms with Gasteiger partial charge < -0.3 is 21.8 Å². The zero-order valence-electron chi connectivity index (χ0n) is 13.9. The van der Waals surface area contributed by atoms with Gasteiger partial charge in [-0.25, -0.2) is 0 Å². The maximum Gasteiger partial charge on any atom is 0.0960 e. The van der Waals surface area contributed by atoms with Gasteiger partial charge in [0.1, 0.15) is 0 Å². The van der Waals surface area contributed by atoms with Gasteiger partial charge in [0.15, 0.2) is 0 Å². The van der Waals surface area contributed by atoms with Crippen molar-refractivity contribution in [2.24, 2.45) is 0 Å². The van der Waals surface area contributed by atoms with E-state index >= 15 is 0 Å². The highest BCUT2D eigenvalue weighted by atomic mass is 35.5. The van der Waals surface area contributed by atoms with Gasteiger partial charge in [0.25, 0.3) is 0 Å². The number of anilines is 1. The highest BCUT2D eigenvalue weighted by molar-refractivity contribution is 6.30. The van der Waals surface area contributed by atoms with Crippen LogP contribution in [0, 0.1) is 0 Å². The molecule has 21 heavy (non-hydrogen) atoms. The summed E-state index contributed by atoms with van der Waals surface area (Å²) in [5, 5.41) is 0.808. The summed E-state index contributed by atoms with van der Waals surface area (Å²) in [6.07, 6.45) is 5.37. The summed E-state index contributed by atoms with van der Waals surface area (Å²) in [4.78, 5) is 2.29. The first-order valence-corrected chi connectivity index (χ1v) is 8.11. The van der Waals surface area contributed by atoms with E-state index in [2.05, 4.69) is 39.0 Å². The van der Waals surface area contributed by atoms with Crippen LogP contribution in [0.4, 0.5) is 5.69 Å². The molecule has 0 aromatic heterocycles. The van der Waals surface area contributed by atoms with Gasteiger partial charge in [0.2, 0.25) is 0 Å². The van der Waals surface area contributed by atoms with Crippen molar-refractivity contribution in [3.63, 3.8) is 0 Å². The number of halogens is 2. The molecular formula is C17H30Cl2N2. The Bertz CT molecular complexity index is 394. The first-order valence-electron chi connectivity index (χ1n) is 7.73. The highest BCUT2D eigenvalue weighted by Gasteiger charge is 2.15. The van der Waals surface area contributed by atoms with Crippen molar-refractivity contribution in [1.29, 1.82) is 0 Å². The third-order valence-corrected chi connectivity index (χ3v) is 4.14. The lowest BCUT2D eigenvalue weighted by molar-refractivity contribution is -0.889. The zero-order chi connectivity index (χ0) is 15.0. The van der Waals surface area contributed by atoms with Crippen LogP contribution in [0.2, 0.25) is 5.02 Å². The smallest absolute Gasteiger partial charge is 0.0960 e. The van der Waals surface area contributed by atoms with Gasteiger partial charge in [-0.05, 0) is 31.0 Å². The van der Waals surface area contributed by atoms with E-state index in [1.165, 1.54) is 37.9 Å². The van der Waals surface area contributed by atoms with Gasteiger partial charge >= 0.3 is 0 Å². The third kappa shape index (κ3) is 8.55. The van der Waals surface area contributed by atoms with Crippen molar-refractivity contribution in [1.82, 2.24) is 0 Å². The van der Waals surface area contributed by atoms with Crippen LogP contribution in [0.5, 0.6) is 0 Å². The molecule has 122 valence electrons. The van der Waals surface area contributed by atoms with Crippen molar-refractivity contribution in [3.05, 3.63) is 29.3 Å². The Kier molecular flexibility index (Phi) is 10.1. The highest BCUT2D eigenvalue weighted by Crippen LogP contribution is 2.18. The monoisotopic (exact) mass is 332 g/mol. The van der Waals surface area contributed by atoms with Gasteiger partial charge in [-0.3, -0.25) is 0 Å². The predicted molar refractivity (Wildman–Crippen MR) is 90.7 cm³/mol. The molecule has 0 saturated heterocycles. The summed E-state index contributed by atoms with van der Waals surface area (Å²) in [5.74, 6) is 0. The van der Waals surface area contributed by atoms with E-state index in [0.717, 1.165) is 22.6 Å². The molecule has 0 radical (unpaired) electrons. The fraction of sp³-hybridized carbons (Fsp3) is 0.647. The summed E-state index contributed by atoms with van der Waals surface area (Å²) in [6.45, 7) is 5.75. The molecule has 0 atom stereocenters. The molecule has 0 N–H and O–H groups in total. The third-order valence-electron chi connectivity index (χ3n) is 3.91.